The predicted octanol–water partition coefficient (Wildman–Crippen LogP) is 9.61. The van der Waals surface area contributed by atoms with E-state index < -0.39 is 111 Å². The van der Waals surface area contributed by atoms with Gasteiger partial charge in [0.25, 0.3) is 0 Å². The maximum atomic E-state index is 10.8. The van der Waals surface area contributed by atoms with Crippen molar-refractivity contribution >= 4 is 86.7 Å². The molecule has 0 aliphatic rings. The molecule has 5 heterocycles. The molecule has 0 aliphatic carbocycles. The van der Waals surface area contributed by atoms with Gasteiger partial charge in [0.15, 0.2) is 28.7 Å². The van der Waals surface area contributed by atoms with Gasteiger partial charge in [0, 0.05) is 79.3 Å². The first kappa shape index (κ1) is 77.7. The first-order valence-electron chi connectivity index (χ1n) is 28.5. The fourth-order valence-electron chi connectivity index (χ4n) is 8.21. The lowest BCUT2D eigenvalue weighted by molar-refractivity contribution is -0.386. The fraction of sp³-hybridized carbons (Fsp3) is 0.0152. The molecule has 0 amide bonds. The summed E-state index contributed by atoms with van der Waals surface area (Å²) >= 11 is 0. The van der Waals surface area contributed by atoms with Crippen molar-refractivity contribution in [3.05, 3.63) is 260 Å². The molecule has 0 atom stereocenters. The minimum atomic E-state index is -0.833. The summed E-state index contributed by atoms with van der Waals surface area (Å²) in [6.07, 6.45) is 21.9. The average Bonchev–Trinajstić information content (AvgIpc) is 0.852. The van der Waals surface area contributed by atoms with Gasteiger partial charge >= 0.3 is 28.4 Å². The number of hydrogen-bond acceptors (Lipinski definition) is 35. The number of nitriles is 5. The van der Waals surface area contributed by atoms with Crippen LogP contribution in [0.4, 0.5) is 28.4 Å². The van der Waals surface area contributed by atoms with Crippen LogP contribution in [0.1, 0.15) is 61.9 Å². The monoisotopic (exact) mass is 1430 g/mol. The lowest BCUT2D eigenvalue weighted by Crippen LogP contribution is -1.92. The standard InChI is InChI=1S/C14H10N4O4.4C13H8N4O4/c1-8-6-17-11(7-16-8)10(5-15)2-9-3-12(18(21)22)14(20)13(19)4-9;14-4-9(10-5-15-7-16-6-10)1-8-2-11(17(20)21)13(19)12(18)3-8;14-6-9(10-7-15-1-2-16-10)3-8-4-11(17(20)21)13(19)12(18)5-8;14-6-9(10-1-2-15-7-16-10)3-8-4-11(17(20)21)13(19)12(18)5-8;14-7-9(10-2-1-3-15-16-10)4-8-5-11(17(20)21)13(19)12(18)6-8/h2-4,6-7,19-20H,1H3;1-3,5-7,18-19H;2*1-5,7,18-19H;1-6,18-19H/b10-2+;9-1+;2*9-3+;9-4+. The molecule has 10 aromatic rings. The minimum Gasteiger partial charge on any atom is -0.504 e. The Bertz CT molecular complexity index is 4900. The van der Waals surface area contributed by atoms with Crippen molar-refractivity contribution in [3.63, 3.8) is 0 Å². The average molecular weight is 1440 g/mol. The highest BCUT2D eigenvalue weighted by Crippen LogP contribution is 2.42. The van der Waals surface area contributed by atoms with E-state index in [1.807, 2.05) is 30.3 Å². The summed E-state index contributed by atoms with van der Waals surface area (Å²) in [5.74, 6) is -7.34. The van der Waals surface area contributed by atoms with Gasteiger partial charge in [0.2, 0.25) is 28.7 Å². The van der Waals surface area contributed by atoms with Gasteiger partial charge < -0.3 is 51.1 Å². The van der Waals surface area contributed by atoms with Crippen LogP contribution in [0.2, 0.25) is 0 Å². The Hall–Kier alpha value is -17.4. The third kappa shape index (κ3) is 20.8. The SMILES string of the molecule is Cc1cnc(/C(C#N)=C/c2cc(O)c(O)c([N+](=O)[O-])c2)cn1.N#C/C(=C\c1cc(O)c(O)c([N+](=O)[O-])c1)c1cccnn1.N#C/C(=C\c1cc(O)c(O)c([N+](=O)[O-])c1)c1ccncn1.N#C/C(=C\c1cc(O)c(O)c([N+](=O)[O-])c1)c1cnccn1.N#C/C(=C\c1cc(O)c(O)c([N+](=O)[O-])c1)c1cncnc1. The Balaban J connectivity index is 0.000000208. The molecule has 40 heteroatoms. The van der Waals surface area contributed by atoms with E-state index in [0.29, 0.717) is 22.6 Å². The van der Waals surface area contributed by atoms with Crippen molar-refractivity contribution in [2.75, 3.05) is 0 Å². The molecule has 40 nitrogen and oxygen atoms in total. The maximum absolute atomic E-state index is 10.8. The van der Waals surface area contributed by atoms with Crippen LogP contribution in [0.5, 0.6) is 57.5 Å². The van der Waals surface area contributed by atoms with Crippen LogP contribution >= 0.6 is 0 Å². The quantitative estimate of drug-likeness (QED) is 0.0197. The lowest BCUT2D eigenvalue weighted by Gasteiger charge is -2.03. The van der Waals surface area contributed by atoms with Crippen molar-refractivity contribution in [2.45, 2.75) is 6.92 Å². The molecule has 0 unspecified atom stereocenters. The second kappa shape index (κ2) is 36.3. The van der Waals surface area contributed by atoms with Crippen LogP contribution in [0, 0.1) is 114 Å². The summed E-state index contributed by atoms with van der Waals surface area (Å²) < 4.78 is 0. The predicted molar refractivity (Wildman–Crippen MR) is 364 cm³/mol. The highest BCUT2D eigenvalue weighted by Gasteiger charge is 2.24. The topological polar surface area (TPSA) is 666 Å². The Morgan fingerprint density at radius 2 is 0.717 bits per heavy atom. The Labute approximate surface area is 591 Å². The number of phenols is 10. The second-order valence-corrected chi connectivity index (χ2v) is 20.1. The molecule has 0 spiro atoms. The number of hydrogen-bond donors (Lipinski definition) is 10. The minimum absolute atomic E-state index is 0.113. The lowest BCUT2D eigenvalue weighted by atomic mass is 10.1. The zero-order chi connectivity index (χ0) is 77.9. The molecule has 0 saturated heterocycles. The second-order valence-electron chi connectivity index (χ2n) is 20.1. The number of allylic oxidation sites excluding steroid dienone is 5. The first-order chi connectivity index (χ1) is 50.5. The van der Waals surface area contributed by atoms with Crippen LogP contribution in [-0.2, 0) is 0 Å². The van der Waals surface area contributed by atoms with Gasteiger partial charge in [-0.1, -0.05) is 0 Å². The van der Waals surface area contributed by atoms with E-state index in [1.165, 1.54) is 105 Å². The molecule has 10 rings (SSSR count). The highest BCUT2D eigenvalue weighted by molar-refractivity contribution is 5.93. The van der Waals surface area contributed by atoms with Crippen LogP contribution in [0.15, 0.2) is 147 Å². The van der Waals surface area contributed by atoms with E-state index in [4.69, 9.17) is 21.0 Å². The number of aryl methyl sites for hydroxylation is 1. The van der Waals surface area contributed by atoms with Crippen molar-refractivity contribution in [3.8, 4) is 87.8 Å². The number of nitro groups is 5. The molecule has 0 radical (unpaired) electrons. The zero-order valence-corrected chi connectivity index (χ0v) is 53.2. The molecule has 10 N–H and O–H groups in total. The summed E-state index contributed by atoms with van der Waals surface area (Å²) in [5.41, 5.74) is 0.608. The van der Waals surface area contributed by atoms with Gasteiger partial charge in [0.05, 0.1) is 93.7 Å². The number of benzene rings is 5. The number of aromatic hydroxyl groups is 10. The molecule has 526 valence electrons. The molecule has 5 aromatic carbocycles. The fourth-order valence-corrected chi connectivity index (χ4v) is 8.21. The molecule has 106 heavy (non-hydrogen) atoms. The van der Waals surface area contributed by atoms with Crippen molar-refractivity contribution < 1.29 is 75.7 Å². The summed E-state index contributed by atoms with van der Waals surface area (Å²) in [7, 11) is 0. The number of rotatable bonds is 15. The third-order valence-electron chi connectivity index (χ3n) is 13.1. The van der Waals surface area contributed by atoms with Crippen molar-refractivity contribution in [1.82, 2.24) is 50.1 Å². The summed E-state index contributed by atoms with van der Waals surface area (Å²) in [6, 6.07) is 25.0. The zero-order valence-electron chi connectivity index (χ0n) is 53.2. The Morgan fingerprint density at radius 1 is 0.358 bits per heavy atom. The molecular formula is C66H42N20O20. The van der Waals surface area contributed by atoms with Crippen molar-refractivity contribution in [2.24, 2.45) is 0 Å². The third-order valence-corrected chi connectivity index (χ3v) is 13.1. The number of phenolic OH excluding ortho intramolecular Hbond substituents is 10. The van der Waals surface area contributed by atoms with Gasteiger partial charge in [-0.3, -0.25) is 70.5 Å². The van der Waals surface area contributed by atoms with E-state index in [0.717, 1.165) is 60.7 Å². The normalized spacial score (nSPS) is 10.9. The van der Waals surface area contributed by atoms with Crippen molar-refractivity contribution in [1.29, 1.82) is 26.3 Å². The summed E-state index contributed by atoms with van der Waals surface area (Å²) in [4.78, 5) is 80.8. The van der Waals surface area contributed by atoms with Gasteiger partial charge in [-0.05, 0) is 114 Å². The molecule has 5 aromatic heterocycles. The van der Waals surface area contributed by atoms with Gasteiger partial charge in [-0.25, -0.2) is 19.9 Å². The Morgan fingerprint density at radius 3 is 1.02 bits per heavy atom. The molecule has 0 bridgehead atoms. The van der Waals surface area contributed by atoms with E-state index >= 15 is 0 Å². The number of nitrogens with zero attached hydrogens (tertiary/aromatic N) is 20. The van der Waals surface area contributed by atoms with Crippen LogP contribution in [0.3, 0.4) is 0 Å². The molecular weight excluding hydrogens is 1390 g/mol. The van der Waals surface area contributed by atoms with Gasteiger partial charge in [-0.15, -0.1) is 5.10 Å². The van der Waals surface area contributed by atoms with Gasteiger partial charge in [0.1, 0.15) is 42.6 Å². The highest BCUT2D eigenvalue weighted by atomic mass is 16.6. The number of nitro benzene ring substituents is 5. The van der Waals surface area contributed by atoms with E-state index in [9.17, 15) is 107 Å². The maximum Gasteiger partial charge on any atom is 0.315 e. The number of aromatic nitrogens is 10. The molecule has 0 fully saturated rings. The van der Waals surface area contributed by atoms with E-state index in [1.54, 1.807) is 19.1 Å². The van der Waals surface area contributed by atoms with Gasteiger partial charge in [-0.2, -0.15) is 31.4 Å². The van der Waals surface area contributed by atoms with E-state index in [-0.39, 0.29) is 67.1 Å². The first-order valence-corrected chi connectivity index (χ1v) is 28.5. The summed E-state index contributed by atoms with van der Waals surface area (Å²) in [6.45, 7) is 1.74. The summed E-state index contributed by atoms with van der Waals surface area (Å²) in [5, 5.41) is 202. The van der Waals surface area contributed by atoms with E-state index in [2.05, 4.69) is 50.1 Å². The molecule has 0 aliphatic heterocycles. The molecule has 0 saturated carbocycles. The smallest absolute Gasteiger partial charge is 0.315 e. The van der Waals surface area contributed by atoms with Crippen LogP contribution in [-0.4, -0.2) is 126 Å². The van der Waals surface area contributed by atoms with Crippen LogP contribution in [0.25, 0.3) is 58.2 Å². The largest absolute Gasteiger partial charge is 0.504 e. The van der Waals surface area contributed by atoms with Crippen LogP contribution < -0.4 is 0 Å². The Kier molecular flexibility index (Phi) is 26.6.